The highest BCUT2D eigenvalue weighted by molar-refractivity contribution is 5.97. The van der Waals surface area contributed by atoms with Crippen molar-refractivity contribution < 1.29 is 9.53 Å². The van der Waals surface area contributed by atoms with E-state index in [0.29, 0.717) is 11.6 Å². The Morgan fingerprint density at radius 3 is 2.86 bits per heavy atom. The fourth-order valence-electron chi connectivity index (χ4n) is 3.06. The van der Waals surface area contributed by atoms with E-state index >= 15 is 0 Å². The Hall–Kier alpha value is -2.21. The van der Waals surface area contributed by atoms with Crippen LogP contribution in [-0.4, -0.2) is 52.9 Å². The van der Waals surface area contributed by atoms with Crippen molar-refractivity contribution in [3.8, 4) is 11.1 Å². The Morgan fingerprint density at radius 1 is 1.36 bits per heavy atom. The van der Waals surface area contributed by atoms with E-state index in [0.717, 1.165) is 36.3 Å². The zero-order valence-electron chi connectivity index (χ0n) is 13.1. The number of carbonyl (C=O) groups is 1. The summed E-state index contributed by atoms with van der Waals surface area (Å²) in [5.41, 5.74) is 3.27. The molecule has 6 nitrogen and oxygen atoms in total. The van der Waals surface area contributed by atoms with Gasteiger partial charge in [-0.1, -0.05) is 0 Å². The number of nitrogens with zero attached hydrogens (tertiary/aromatic N) is 4. The number of carbonyl (C=O) groups excluding carboxylic acids is 1. The lowest BCUT2D eigenvalue weighted by molar-refractivity contribution is 0.0601. The van der Waals surface area contributed by atoms with Gasteiger partial charge in [0.25, 0.3) is 0 Å². The van der Waals surface area contributed by atoms with Crippen molar-refractivity contribution in [2.45, 2.75) is 19.4 Å². The van der Waals surface area contributed by atoms with Crippen molar-refractivity contribution >= 4 is 5.97 Å². The quantitative estimate of drug-likeness (QED) is 0.810. The number of aromatic nitrogens is 3. The van der Waals surface area contributed by atoms with Crippen LogP contribution < -0.4 is 0 Å². The van der Waals surface area contributed by atoms with E-state index < -0.39 is 0 Å². The normalized spacial score (nSPS) is 18.6. The molecular weight excluding hydrogens is 280 g/mol. The number of methoxy groups -OCH3 is 1. The molecule has 22 heavy (non-hydrogen) atoms. The van der Waals surface area contributed by atoms with E-state index in [9.17, 15) is 4.79 Å². The maximum Gasteiger partial charge on any atom is 0.338 e. The van der Waals surface area contributed by atoms with Gasteiger partial charge in [0.15, 0.2) is 0 Å². The standard InChI is InChI=1S/C16H20N4O2/c1-11-14(9-18-20(11)12-5-7-19(2)10-12)15-8-17-6-4-13(15)16(21)22-3/h4,6,8-9,12H,5,7,10H2,1-3H3. The highest BCUT2D eigenvalue weighted by atomic mass is 16.5. The van der Waals surface area contributed by atoms with Crippen LogP contribution >= 0.6 is 0 Å². The predicted molar refractivity (Wildman–Crippen MR) is 82.7 cm³/mol. The Morgan fingerprint density at radius 2 is 2.18 bits per heavy atom. The van der Waals surface area contributed by atoms with Crippen molar-refractivity contribution in [1.29, 1.82) is 0 Å². The number of hydrogen-bond acceptors (Lipinski definition) is 5. The number of rotatable bonds is 3. The smallest absolute Gasteiger partial charge is 0.338 e. The molecule has 1 saturated heterocycles. The molecule has 0 N–H and O–H groups in total. The van der Waals surface area contributed by atoms with Gasteiger partial charge in [0.1, 0.15) is 0 Å². The summed E-state index contributed by atoms with van der Waals surface area (Å²) in [6, 6.07) is 2.07. The number of likely N-dealkylation sites (N-methyl/N-ethyl adjacent to an activating group) is 1. The van der Waals surface area contributed by atoms with Gasteiger partial charge in [0, 0.05) is 35.8 Å². The van der Waals surface area contributed by atoms with Crippen LogP contribution in [0, 0.1) is 6.92 Å². The first-order valence-electron chi connectivity index (χ1n) is 7.37. The first-order chi connectivity index (χ1) is 10.6. The van der Waals surface area contributed by atoms with Crippen LogP contribution in [0.4, 0.5) is 0 Å². The average Bonchev–Trinajstić information content (AvgIpc) is 3.12. The van der Waals surface area contributed by atoms with Gasteiger partial charge in [-0.2, -0.15) is 5.10 Å². The van der Waals surface area contributed by atoms with Gasteiger partial charge in [0.05, 0.1) is 24.9 Å². The largest absolute Gasteiger partial charge is 0.465 e. The summed E-state index contributed by atoms with van der Waals surface area (Å²) in [7, 11) is 3.51. The van der Waals surface area contributed by atoms with Crippen molar-refractivity contribution in [3.63, 3.8) is 0 Å². The van der Waals surface area contributed by atoms with E-state index in [1.54, 1.807) is 18.5 Å². The molecule has 0 aromatic carbocycles. The number of pyridine rings is 1. The third-order valence-corrected chi connectivity index (χ3v) is 4.27. The van der Waals surface area contributed by atoms with Gasteiger partial charge in [-0.3, -0.25) is 9.67 Å². The molecule has 0 radical (unpaired) electrons. The minimum atomic E-state index is -0.356. The lowest BCUT2D eigenvalue weighted by Gasteiger charge is -2.14. The fourth-order valence-corrected chi connectivity index (χ4v) is 3.06. The molecule has 3 heterocycles. The van der Waals surface area contributed by atoms with Crippen LogP contribution in [0.3, 0.4) is 0 Å². The van der Waals surface area contributed by atoms with Gasteiger partial charge in [-0.15, -0.1) is 0 Å². The second-order valence-corrected chi connectivity index (χ2v) is 5.71. The summed E-state index contributed by atoms with van der Waals surface area (Å²) < 4.78 is 6.92. The second-order valence-electron chi connectivity index (χ2n) is 5.71. The molecule has 6 heteroatoms. The summed E-state index contributed by atoms with van der Waals surface area (Å²) in [5.74, 6) is -0.356. The molecule has 1 unspecified atom stereocenters. The molecule has 0 spiro atoms. The zero-order valence-corrected chi connectivity index (χ0v) is 13.1. The van der Waals surface area contributed by atoms with Gasteiger partial charge in [-0.05, 0) is 33.0 Å². The Labute approximate surface area is 129 Å². The number of hydrogen-bond donors (Lipinski definition) is 0. The minimum Gasteiger partial charge on any atom is -0.465 e. The van der Waals surface area contributed by atoms with Crippen LogP contribution in [0.1, 0.15) is 28.5 Å². The fraction of sp³-hybridized carbons (Fsp3) is 0.438. The van der Waals surface area contributed by atoms with Gasteiger partial charge in [0.2, 0.25) is 0 Å². The summed E-state index contributed by atoms with van der Waals surface area (Å²) in [4.78, 5) is 18.4. The van der Waals surface area contributed by atoms with Crippen molar-refractivity contribution in [3.05, 3.63) is 35.9 Å². The molecule has 0 saturated carbocycles. The molecule has 0 aliphatic carbocycles. The van der Waals surface area contributed by atoms with E-state index in [-0.39, 0.29) is 5.97 Å². The van der Waals surface area contributed by atoms with Crippen LogP contribution in [0.15, 0.2) is 24.7 Å². The van der Waals surface area contributed by atoms with E-state index in [2.05, 4.69) is 26.7 Å². The third kappa shape index (κ3) is 2.50. The summed E-state index contributed by atoms with van der Waals surface area (Å²) in [6.45, 7) is 4.12. The first-order valence-corrected chi connectivity index (χ1v) is 7.37. The lowest BCUT2D eigenvalue weighted by atomic mass is 10.0. The van der Waals surface area contributed by atoms with Crippen LogP contribution in [-0.2, 0) is 4.74 Å². The molecule has 0 amide bonds. The maximum atomic E-state index is 11.9. The number of ether oxygens (including phenoxy) is 1. The highest BCUT2D eigenvalue weighted by Crippen LogP contribution is 2.30. The van der Waals surface area contributed by atoms with Gasteiger partial charge in [-0.25, -0.2) is 4.79 Å². The SMILES string of the molecule is COC(=O)c1ccncc1-c1cnn(C2CCN(C)C2)c1C. The monoisotopic (exact) mass is 300 g/mol. The molecule has 0 bridgehead atoms. The molecular formula is C16H20N4O2. The van der Waals surface area contributed by atoms with E-state index in [1.807, 2.05) is 13.1 Å². The van der Waals surface area contributed by atoms with E-state index in [4.69, 9.17) is 4.74 Å². The van der Waals surface area contributed by atoms with Gasteiger partial charge < -0.3 is 9.64 Å². The van der Waals surface area contributed by atoms with Gasteiger partial charge >= 0.3 is 5.97 Å². The Bertz CT molecular complexity index is 695. The molecule has 116 valence electrons. The predicted octanol–water partition coefficient (Wildman–Crippen LogP) is 1.92. The Kier molecular flexibility index (Phi) is 3.94. The summed E-state index contributed by atoms with van der Waals surface area (Å²) >= 11 is 0. The van der Waals surface area contributed by atoms with Crippen molar-refractivity contribution in [2.75, 3.05) is 27.2 Å². The van der Waals surface area contributed by atoms with E-state index in [1.165, 1.54) is 7.11 Å². The second kappa shape index (κ2) is 5.88. The van der Waals surface area contributed by atoms with Crippen molar-refractivity contribution in [1.82, 2.24) is 19.7 Å². The molecule has 2 aromatic heterocycles. The molecule has 2 aromatic rings. The van der Waals surface area contributed by atoms with Crippen LogP contribution in [0.5, 0.6) is 0 Å². The number of likely N-dealkylation sites (tertiary alicyclic amines) is 1. The average molecular weight is 300 g/mol. The lowest BCUT2D eigenvalue weighted by Crippen LogP contribution is -2.18. The van der Waals surface area contributed by atoms with Crippen molar-refractivity contribution in [2.24, 2.45) is 0 Å². The molecule has 1 aliphatic heterocycles. The molecule has 3 rings (SSSR count). The van der Waals surface area contributed by atoms with Crippen LogP contribution in [0.2, 0.25) is 0 Å². The van der Waals surface area contributed by atoms with Crippen LogP contribution in [0.25, 0.3) is 11.1 Å². The summed E-state index contributed by atoms with van der Waals surface area (Å²) in [5, 5.41) is 4.54. The summed E-state index contributed by atoms with van der Waals surface area (Å²) in [6.07, 6.45) is 6.20. The minimum absolute atomic E-state index is 0.356. The third-order valence-electron chi connectivity index (χ3n) is 4.27. The first kappa shape index (κ1) is 14.7. The molecule has 1 fully saturated rings. The maximum absolute atomic E-state index is 11.9. The topological polar surface area (TPSA) is 60.2 Å². The zero-order chi connectivity index (χ0) is 15.7. The molecule has 1 atom stereocenters. The Balaban J connectivity index is 2.00. The highest BCUT2D eigenvalue weighted by Gasteiger charge is 2.25. The number of esters is 1. The molecule has 1 aliphatic rings.